The number of amides is 1. The lowest BCUT2D eigenvalue weighted by molar-refractivity contribution is -0.130. The van der Waals surface area contributed by atoms with Gasteiger partial charge >= 0.3 is 0 Å². The molecule has 0 saturated carbocycles. The third-order valence-corrected chi connectivity index (χ3v) is 6.57. The van der Waals surface area contributed by atoms with Gasteiger partial charge in [0.2, 0.25) is 5.91 Å². The molecule has 3 aromatic rings. The lowest BCUT2D eigenvalue weighted by Crippen LogP contribution is -2.32. The molecule has 0 bridgehead atoms. The van der Waals surface area contributed by atoms with Gasteiger partial charge in [0.1, 0.15) is 17.2 Å². The Hall–Kier alpha value is -2.67. The first-order valence-corrected chi connectivity index (χ1v) is 10.9. The van der Waals surface area contributed by atoms with E-state index < -0.39 is 0 Å². The van der Waals surface area contributed by atoms with Crippen LogP contribution in [0.25, 0.3) is 10.2 Å². The molecule has 0 N–H and O–H groups in total. The van der Waals surface area contributed by atoms with Crippen LogP contribution >= 0.6 is 11.3 Å². The molecule has 6 nitrogen and oxygen atoms in total. The minimum atomic E-state index is -0.0164. The number of thiophene rings is 1. The average Bonchev–Trinajstić information content (AvgIpc) is 3.13. The van der Waals surface area contributed by atoms with Crippen LogP contribution in [0.15, 0.2) is 41.5 Å². The Morgan fingerprint density at radius 2 is 2.03 bits per heavy atom. The minimum absolute atomic E-state index is 0.0130. The number of para-hydroxylation sites is 1. The van der Waals surface area contributed by atoms with Crippen LogP contribution in [-0.2, 0) is 24.2 Å². The van der Waals surface area contributed by atoms with Crippen molar-refractivity contribution in [2.45, 2.75) is 38.6 Å². The highest BCUT2D eigenvalue weighted by Gasteiger charge is 2.20. The number of carbonyl (C=O) groups excluding carboxylic acids is 1. The van der Waals surface area contributed by atoms with E-state index in [1.54, 1.807) is 34.2 Å². The molecule has 1 aliphatic rings. The van der Waals surface area contributed by atoms with Crippen LogP contribution in [0, 0.1) is 0 Å². The first-order valence-electron chi connectivity index (χ1n) is 10.0. The van der Waals surface area contributed by atoms with Gasteiger partial charge in [0.25, 0.3) is 5.56 Å². The molecule has 7 heteroatoms. The van der Waals surface area contributed by atoms with Gasteiger partial charge < -0.3 is 9.64 Å². The Balaban J connectivity index is 1.35. The molecule has 0 aliphatic heterocycles. The predicted molar refractivity (Wildman–Crippen MR) is 115 cm³/mol. The van der Waals surface area contributed by atoms with E-state index in [1.807, 2.05) is 30.3 Å². The maximum Gasteiger partial charge on any atom is 0.262 e. The van der Waals surface area contributed by atoms with Crippen molar-refractivity contribution in [3.8, 4) is 5.75 Å². The number of likely N-dealkylation sites (N-methyl/N-ethyl adjacent to an activating group) is 1. The fraction of sp³-hybridized carbons (Fsp3) is 0.409. The van der Waals surface area contributed by atoms with Gasteiger partial charge in [0.05, 0.1) is 18.3 Å². The van der Waals surface area contributed by atoms with Crippen molar-refractivity contribution in [1.82, 2.24) is 14.5 Å². The van der Waals surface area contributed by atoms with E-state index in [2.05, 4.69) is 4.98 Å². The number of hydrogen-bond donors (Lipinski definition) is 0. The summed E-state index contributed by atoms with van der Waals surface area (Å²) in [7, 11) is 1.76. The van der Waals surface area contributed by atoms with Gasteiger partial charge in [-0.25, -0.2) is 4.98 Å². The average molecular weight is 412 g/mol. The first kappa shape index (κ1) is 19.6. The normalized spacial score (nSPS) is 13.3. The van der Waals surface area contributed by atoms with E-state index in [0.717, 1.165) is 35.2 Å². The molecule has 0 radical (unpaired) electrons. The highest BCUT2D eigenvalue weighted by molar-refractivity contribution is 7.18. The highest BCUT2D eigenvalue weighted by Crippen LogP contribution is 2.33. The number of rotatable bonds is 7. The lowest BCUT2D eigenvalue weighted by atomic mass is 9.97. The molecule has 1 amide bonds. The number of carbonyl (C=O) groups is 1. The molecular formula is C22H25N3O3S. The van der Waals surface area contributed by atoms with Crippen LogP contribution in [0.3, 0.4) is 0 Å². The van der Waals surface area contributed by atoms with E-state index in [4.69, 9.17) is 4.74 Å². The van der Waals surface area contributed by atoms with Crippen LogP contribution in [0.5, 0.6) is 5.75 Å². The minimum Gasteiger partial charge on any atom is -0.492 e. The maximum atomic E-state index is 13.0. The topological polar surface area (TPSA) is 64.4 Å². The summed E-state index contributed by atoms with van der Waals surface area (Å²) in [5, 5.41) is 0.768. The van der Waals surface area contributed by atoms with Gasteiger partial charge in [-0.2, -0.15) is 0 Å². The van der Waals surface area contributed by atoms with Crippen molar-refractivity contribution < 1.29 is 9.53 Å². The first-order chi connectivity index (χ1) is 14.1. The van der Waals surface area contributed by atoms with Gasteiger partial charge in [-0.1, -0.05) is 18.2 Å². The van der Waals surface area contributed by atoms with Gasteiger partial charge in [-0.15, -0.1) is 11.3 Å². The quantitative estimate of drug-likeness (QED) is 0.599. The molecule has 1 aromatic carbocycles. The molecule has 0 atom stereocenters. The second-order valence-corrected chi connectivity index (χ2v) is 8.44. The zero-order valence-electron chi connectivity index (χ0n) is 16.6. The fourth-order valence-electron chi connectivity index (χ4n) is 3.69. The Morgan fingerprint density at radius 3 is 2.86 bits per heavy atom. The Labute approximate surface area is 173 Å². The molecule has 0 unspecified atom stereocenters. The van der Waals surface area contributed by atoms with Crippen LogP contribution in [0.2, 0.25) is 0 Å². The van der Waals surface area contributed by atoms with Crippen molar-refractivity contribution in [3.05, 3.63) is 57.5 Å². The second-order valence-electron chi connectivity index (χ2n) is 7.36. The van der Waals surface area contributed by atoms with E-state index >= 15 is 0 Å². The number of ether oxygens (including phenoxy) is 1. The number of hydrogen-bond acceptors (Lipinski definition) is 5. The van der Waals surface area contributed by atoms with Crippen molar-refractivity contribution in [3.63, 3.8) is 0 Å². The number of nitrogens with zero attached hydrogens (tertiary/aromatic N) is 3. The molecule has 0 saturated heterocycles. The smallest absolute Gasteiger partial charge is 0.262 e. The van der Waals surface area contributed by atoms with Gasteiger partial charge in [0, 0.05) is 24.9 Å². The summed E-state index contributed by atoms with van der Waals surface area (Å²) in [5.74, 6) is 0.777. The number of aromatic nitrogens is 2. The van der Waals surface area contributed by atoms with E-state index in [1.165, 1.54) is 16.9 Å². The van der Waals surface area contributed by atoms with Gasteiger partial charge in [-0.3, -0.25) is 14.2 Å². The summed E-state index contributed by atoms with van der Waals surface area (Å²) in [6.07, 6.45) is 6.16. The number of aryl methyl sites for hydroxylation is 3. The number of fused-ring (bicyclic) bond motifs is 3. The summed E-state index contributed by atoms with van der Waals surface area (Å²) >= 11 is 1.65. The van der Waals surface area contributed by atoms with Crippen LogP contribution in [0.4, 0.5) is 0 Å². The highest BCUT2D eigenvalue weighted by atomic mass is 32.1. The van der Waals surface area contributed by atoms with E-state index in [9.17, 15) is 9.59 Å². The molecule has 29 heavy (non-hydrogen) atoms. The van der Waals surface area contributed by atoms with Crippen molar-refractivity contribution in [2.24, 2.45) is 0 Å². The van der Waals surface area contributed by atoms with Crippen LogP contribution in [0.1, 0.15) is 29.7 Å². The summed E-state index contributed by atoms with van der Waals surface area (Å²) in [6, 6.07) is 9.54. The van der Waals surface area contributed by atoms with Crippen LogP contribution in [-0.4, -0.2) is 40.6 Å². The third kappa shape index (κ3) is 4.34. The Kier molecular flexibility index (Phi) is 5.94. The standard InChI is InChI=1S/C22H25N3O3S/c1-24(13-14-28-16-7-3-2-4-8-16)19(26)11-12-25-15-23-21-20(22(25)27)17-9-5-6-10-18(17)29-21/h2-4,7-8,15H,5-6,9-14H2,1H3. The van der Waals surface area contributed by atoms with Crippen LogP contribution < -0.4 is 10.3 Å². The van der Waals surface area contributed by atoms with E-state index in [-0.39, 0.29) is 17.9 Å². The molecule has 152 valence electrons. The van der Waals surface area contributed by atoms with Crippen molar-refractivity contribution in [2.75, 3.05) is 20.2 Å². The summed E-state index contributed by atoms with van der Waals surface area (Å²) < 4.78 is 7.22. The summed E-state index contributed by atoms with van der Waals surface area (Å²) in [6.45, 7) is 1.27. The molecule has 0 fully saturated rings. The zero-order valence-corrected chi connectivity index (χ0v) is 17.4. The molecule has 4 rings (SSSR count). The monoisotopic (exact) mass is 411 g/mol. The summed E-state index contributed by atoms with van der Waals surface area (Å²) in [4.78, 5) is 33.7. The molecule has 1 aliphatic carbocycles. The van der Waals surface area contributed by atoms with Crippen molar-refractivity contribution in [1.29, 1.82) is 0 Å². The summed E-state index contributed by atoms with van der Waals surface area (Å²) in [5.41, 5.74) is 1.17. The maximum absolute atomic E-state index is 13.0. The largest absolute Gasteiger partial charge is 0.492 e. The molecule has 0 spiro atoms. The van der Waals surface area contributed by atoms with Gasteiger partial charge in [0.15, 0.2) is 0 Å². The molecule has 2 aromatic heterocycles. The zero-order chi connectivity index (χ0) is 20.2. The third-order valence-electron chi connectivity index (χ3n) is 5.37. The molecular weight excluding hydrogens is 386 g/mol. The van der Waals surface area contributed by atoms with Crippen molar-refractivity contribution >= 4 is 27.5 Å². The lowest BCUT2D eigenvalue weighted by Gasteiger charge is -2.18. The van der Waals surface area contributed by atoms with Gasteiger partial charge in [-0.05, 0) is 43.4 Å². The number of benzene rings is 1. The molecule has 2 heterocycles. The fourth-order valence-corrected chi connectivity index (χ4v) is 4.91. The Bertz CT molecular complexity index is 1060. The predicted octanol–water partition coefficient (Wildman–Crippen LogP) is 3.26. The Morgan fingerprint density at radius 1 is 1.24 bits per heavy atom. The second kappa shape index (κ2) is 8.78. The van der Waals surface area contributed by atoms with E-state index in [0.29, 0.717) is 19.7 Å². The SMILES string of the molecule is CN(CCOc1ccccc1)C(=O)CCn1cnc2sc3c(c2c1=O)CCCC3.